The van der Waals surface area contributed by atoms with Gasteiger partial charge in [0.1, 0.15) is 6.10 Å². The monoisotopic (exact) mass is 428 g/mol. The fraction of sp³-hybridized carbons (Fsp3) is 0.667. The van der Waals surface area contributed by atoms with E-state index in [9.17, 15) is 10.1 Å². The van der Waals surface area contributed by atoms with Crippen molar-refractivity contribution in [3.8, 4) is 0 Å². The summed E-state index contributed by atoms with van der Waals surface area (Å²) >= 11 is 0. The van der Waals surface area contributed by atoms with Crippen molar-refractivity contribution in [1.29, 1.82) is 0 Å². The minimum atomic E-state index is -0.956. The molecule has 1 unspecified atom stereocenters. The molecule has 3 rings (SSSR count). The summed E-state index contributed by atoms with van der Waals surface area (Å²) in [6, 6.07) is 7.64. The molecule has 172 valence electrons. The van der Waals surface area contributed by atoms with E-state index in [0.717, 1.165) is 47.8 Å². The number of carboxylic acid groups (broad SMARTS) is 1. The highest BCUT2D eigenvalue weighted by Crippen LogP contribution is 2.45. The Hall–Kier alpha value is -1.65. The molecule has 0 saturated heterocycles. The zero-order valence-corrected chi connectivity index (χ0v) is 19.0. The van der Waals surface area contributed by atoms with E-state index in [-0.39, 0.29) is 6.10 Å². The molecule has 2 fully saturated rings. The Morgan fingerprint density at radius 3 is 2.16 bits per heavy atom. The summed E-state index contributed by atoms with van der Waals surface area (Å²) in [6.07, 6.45) is 18.4. The first-order valence-electron chi connectivity index (χ1n) is 12.4. The van der Waals surface area contributed by atoms with Gasteiger partial charge in [0.05, 0.1) is 0 Å². The number of hydrogen-bond acceptors (Lipinski definition) is 3. The van der Waals surface area contributed by atoms with Crippen molar-refractivity contribution in [2.45, 2.75) is 90.1 Å². The van der Waals surface area contributed by atoms with Crippen LogP contribution in [0, 0.1) is 23.7 Å². The molecule has 2 saturated carbocycles. The number of aliphatic carboxylic acids is 1. The van der Waals surface area contributed by atoms with Gasteiger partial charge in [-0.3, -0.25) is 5.26 Å². The summed E-state index contributed by atoms with van der Waals surface area (Å²) in [7, 11) is 0. The molecule has 31 heavy (non-hydrogen) atoms. The van der Waals surface area contributed by atoms with E-state index >= 15 is 0 Å². The molecule has 0 aliphatic heterocycles. The Morgan fingerprint density at radius 1 is 1.00 bits per heavy atom. The smallest absolute Gasteiger partial charge is 0.328 e. The molecule has 0 bridgehead atoms. The molecule has 1 aromatic rings. The first-order valence-corrected chi connectivity index (χ1v) is 12.4. The maximum atomic E-state index is 10.7. The molecule has 0 radical (unpaired) electrons. The summed E-state index contributed by atoms with van der Waals surface area (Å²) in [4.78, 5) is 15.6. The lowest BCUT2D eigenvalue weighted by molar-refractivity contribution is -0.296. The van der Waals surface area contributed by atoms with Crippen LogP contribution in [0.4, 0.5) is 0 Å². The molecular weight excluding hydrogens is 388 g/mol. The molecule has 0 heterocycles. The van der Waals surface area contributed by atoms with Crippen LogP contribution in [-0.4, -0.2) is 16.3 Å². The number of carbonyl (C=O) groups is 1. The largest absolute Gasteiger partial charge is 0.478 e. The highest BCUT2D eigenvalue weighted by Gasteiger charge is 2.34. The standard InChI is InChI=1S/C27H40O4/c1-2-3-4-5-20-6-11-22(12-7-20)23-15-17-25(18-16-23)27(31-30)24-13-8-21(9-14-24)10-19-26(28)29/h8-10,13-14,19-20,22-23,25,27,30H,2-7,11-12,15-18H2,1H3,(H,28,29). The van der Waals surface area contributed by atoms with Crippen LogP contribution in [0.1, 0.15) is 101 Å². The number of rotatable bonds is 10. The van der Waals surface area contributed by atoms with E-state index in [2.05, 4.69) is 6.92 Å². The van der Waals surface area contributed by atoms with Gasteiger partial charge in [-0.1, -0.05) is 69.7 Å². The first-order chi connectivity index (χ1) is 15.1. The van der Waals surface area contributed by atoms with Gasteiger partial charge in [0.2, 0.25) is 0 Å². The second kappa shape index (κ2) is 12.4. The van der Waals surface area contributed by atoms with Crippen molar-refractivity contribution in [2.24, 2.45) is 23.7 Å². The highest BCUT2D eigenvalue weighted by atomic mass is 17.1. The van der Waals surface area contributed by atoms with E-state index in [1.807, 2.05) is 24.3 Å². The van der Waals surface area contributed by atoms with Crippen molar-refractivity contribution < 1.29 is 20.0 Å². The van der Waals surface area contributed by atoms with E-state index < -0.39 is 5.97 Å². The lowest BCUT2D eigenvalue weighted by atomic mass is 9.67. The third-order valence-corrected chi connectivity index (χ3v) is 7.82. The van der Waals surface area contributed by atoms with Gasteiger partial charge in [0.25, 0.3) is 0 Å². The fourth-order valence-corrected chi connectivity index (χ4v) is 5.93. The van der Waals surface area contributed by atoms with Crippen LogP contribution in [0.5, 0.6) is 0 Å². The number of benzene rings is 1. The Balaban J connectivity index is 1.46. The maximum Gasteiger partial charge on any atom is 0.328 e. The quantitative estimate of drug-likeness (QED) is 0.175. The summed E-state index contributed by atoms with van der Waals surface area (Å²) < 4.78 is 0. The van der Waals surface area contributed by atoms with Gasteiger partial charge < -0.3 is 5.11 Å². The Kier molecular flexibility index (Phi) is 9.60. The second-order valence-electron chi connectivity index (χ2n) is 9.82. The zero-order chi connectivity index (χ0) is 22.1. The van der Waals surface area contributed by atoms with Crippen LogP contribution >= 0.6 is 0 Å². The van der Waals surface area contributed by atoms with Crippen LogP contribution in [-0.2, 0) is 9.68 Å². The minimum absolute atomic E-state index is 0.298. The maximum absolute atomic E-state index is 10.7. The molecule has 1 aromatic carbocycles. The normalized spacial score (nSPS) is 27.9. The van der Waals surface area contributed by atoms with Gasteiger partial charge in [-0.25, -0.2) is 9.68 Å². The van der Waals surface area contributed by atoms with Crippen molar-refractivity contribution in [1.82, 2.24) is 0 Å². The molecule has 2 aliphatic rings. The van der Waals surface area contributed by atoms with Gasteiger partial charge in [0, 0.05) is 6.08 Å². The van der Waals surface area contributed by atoms with Gasteiger partial charge in [0.15, 0.2) is 0 Å². The van der Waals surface area contributed by atoms with Gasteiger partial charge in [-0.15, -0.1) is 0 Å². The van der Waals surface area contributed by atoms with Crippen LogP contribution in [0.15, 0.2) is 30.3 Å². The SMILES string of the molecule is CCCCCC1CCC(C2CCC(C(OO)c3ccc(C=CC(=O)O)cc3)CC2)CC1. The second-order valence-corrected chi connectivity index (χ2v) is 9.82. The minimum Gasteiger partial charge on any atom is -0.478 e. The molecule has 0 aromatic heterocycles. The number of unbranched alkanes of at least 4 members (excludes halogenated alkanes) is 2. The zero-order valence-electron chi connectivity index (χ0n) is 19.0. The molecule has 1 atom stereocenters. The summed E-state index contributed by atoms with van der Waals surface area (Å²) in [5, 5.41) is 18.4. The van der Waals surface area contributed by atoms with Gasteiger partial charge in [-0.2, -0.15) is 0 Å². The third kappa shape index (κ3) is 7.18. The summed E-state index contributed by atoms with van der Waals surface area (Å²) in [5.74, 6) is 2.10. The lowest BCUT2D eigenvalue weighted by Crippen LogP contribution is -2.28. The Morgan fingerprint density at radius 2 is 1.61 bits per heavy atom. The molecule has 4 nitrogen and oxygen atoms in total. The van der Waals surface area contributed by atoms with Crippen molar-refractivity contribution in [2.75, 3.05) is 0 Å². The summed E-state index contributed by atoms with van der Waals surface area (Å²) in [6.45, 7) is 2.29. The van der Waals surface area contributed by atoms with Crippen LogP contribution in [0.2, 0.25) is 0 Å². The highest BCUT2D eigenvalue weighted by molar-refractivity contribution is 5.85. The number of hydrogen-bond donors (Lipinski definition) is 2. The van der Waals surface area contributed by atoms with Crippen molar-refractivity contribution in [3.05, 3.63) is 41.5 Å². The molecule has 0 spiro atoms. The van der Waals surface area contributed by atoms with E-state index in [0.29, 0.717) is 5.92 Å². The first kappa shape index (κ1) is 24.0. The third-order valence-electron chi connectivity index (χ3n) is 7.82. The van der Waals surface area contributed by atoms with E-state index in [4.69, 9.17) is 9.99 Å². The van der Waals surface area contributed by atoms with Gasteiger partial charge in [-0.05, 0) is 79.4 Å². The topological polar surface area (TPSA) is 66.8 Å². The Bertz CT molecular complexity index is 680. The lowest BCUT2D eigenvalue weighted by Gasteiger charge is -2.39. The average molecular weight is 429 g/mol. The molecule has 0 amide bonds. The van der Waals surface area contributed by atoms with Crippen LogP contribution in [0.25, 0.3) is 6.08 Å². The van der Waals surface area contributed by atoms with Crippen molar-refractivity contribution >= 4 is 12.0 Å². The van der Waals surface area contributed by atoms with E-state index in [1.54, 1.807) is 6.08 Å². The average Bonchev–Trinajstić information content (AvgIpc) is 2.80. The molecule has 2 aliphatic carbocycles. The number of carboxylic acids is 1. The molecular formula is C27H40O4. The fourth-order valence-electron chi connectivity index (χ4n) is 5.93. The predicted molar refractivity (Wildman–Crippen MR) is 125 cm³/mol. The summed E-state index contributed by atoms with van der Waals surface area (Å²) in [5.41, 5.74) is 1.79. The Labute approximate surface area is 187 Å². The molecule has 2 N–H and O–H groups in total. The van der Waals surface area contributed by atoms with Crippen molar-refractivity contribution in [3.63, 3.8) is 0 Å². The molecule has 4 heteroatoms. The van der Waals surface area contributed by atoms with E-state index in [1.165, 1.54) is 64.2 Å². The predicted octanol–water partition coefficient (Wildman–Crippen LogP) is 7.51. The van der Waals surface area contributed by atoms with Gasteiger partial charge >= 0.3 is 5.97 Å². The van der Waals surface area contributed by atoms with Crippen LogP contribution < -0.4 is 0 Å². The van der Waals surface area contributed by atoms with Crippen LogP contribution in [0.3, 0.4) is 0 Å².